The average Bonchev–Trinajstić information content (AvgIpc) is 3.18. The summed E-state index contributed by atoms with van der Waals surface area (Å²) in [6.45, 7) is 0.0301. The highest BCUT2D eigenvalue weighted by atomic mass is 16.4. The molecule has 0 atom stereocenters. The summed E-state index contributed by atoms with van der Waals surface area (Å²) in [6, 6.07) is 21.1. The molecule has 0 aliphatic carbocycles. The molecule has 5 rings (SSSR count). The Morgan fingerprint density at radius 2 is 0.780 bits per heavy atom. The maximum absolute atomic E-state index is 11.8. The van der Waals surface area contributed by atoms with Crippen LogP contribution in [0, 0.1) is 0 Å². The van der Waals surface area contributed by atoms with Crippen LogP contribution in [0.15, 0.2) is 118 Å². The van der Waals surface area contributed by atoms with Crippen molar-refractivity contribution in [2.24, 2.45) is 20.5 Å². The van der Waals surface area contributed by atoms with Crippen molar-refractivity contribution in [3.63, 3.8) is 0 Å². The molecule has 5 aromatic rings. The fraction of sp³-hybridized carbons (Fsp3) is 0.0526. The Kier molecular flexibility index (Phi) is 15.6. The summed E-state index contributed by atoms with van der Waals surface area (Å²) in [5.41, 5.74) is 5.85. The van der Waals surface area contributed by atoms with Crippen LogP contribution in [0.5, 0.6) is 23.0 Å². The maximum Gasteiger partial charge on any atom is 0.339 e. The topological polar surface area (TPSA) is 372 Å². The van der Waals surface area contributed by atoms with Crippen molar-refractivity contribution in [1.82, 2.24) is 5.32 Å². The van der Waals surface area contributed by atoms with Gasteiger partial charge in [-0.1, -0.05) is 0 Å². The van der Waals surface area contributed by atoms with Crippen molar-refractivity contribution < 1.29 is 74.7 Å². The largest absolute Gasteiger partial charge is 0.507 e. The smallest absolute Gasteiger partial charge is 0.339 e. The van der Waals surface area contributed by atoms with Crippen LogP contribution in [0.25, 0.3) is 0 Å². The third-order valence-corrected chi connectivity index (χ3v) is 7.20. The van der Waals surface area contributed by atoms with Crippen molar-refractivity contribution in [2.45, 2.75) is 6.42 Å². The van der Waals surface area contributed by atoms with Gasteiger partial charge in [0.15, 0.2) is 0 Å². The molecular weight excluding hydrogens is 780 g/mol. The molecule has 304 valence electrons. The number of carbonyl (C=O) groups is 6. The zero-order valence-corrected chi connectivity index (χ0v) is 30.0. The number of benzene rings is 5. The average molecular weight is 813 g/mol. The number of nitrogens with one attached hydrogen (secondary N) is 1. The SMILES string of the molecule is Nc1ccc(O)c(C(=O)O)c1.O=C(O)CCNC(=O)c1ccc(N=Nc2ccc(O)c(C(=O)O)c2)cc1.O=C(O)c1cc(N=Nc2ccc(O)c(C(=O)O)c2)ccc1O. The number of carboxylic acid groups (broad SMARTS) is 5. The summed E-state index contributed by atoms with van der Waals surface area (Å²) in [5, 5.41) is 98.7. The van der Waals surface area contributed by atoms with Gasteiger partial charge in [-0.2, -0.15) is 20.5 Å². The molecule has 21 heteroatoms. The number of nitrogens with two attached hydrogens (primary N) is 1. The van der Waals surface area contributed by atoms with Gasteiger partial charge < -0.3 is 57.0 Å². The molecule has 0 unspecified atom stereocenters. The molecule has 21 nitrogen and oxygen atoms in total. The number of nitrogens with zero attached hydrogens (tertiary/aromatic N) is 4. The van der Waals surface area contributed by atoms with Crippen molar-refractivity contribution in [2.75, 3.05) is 12.3 Å². The predicted octanol–water partition coefficient (Wildman–Crippen LogP) is 6.29. The predicted molar refractivity (Wildman–Crippen MR) is 204 cm³/mol. The number of hydrogen-bond donors (Lipinski definition) is 11. The van der Waals surface area contributed by atoms with Crippen molar-refractivity contribution in [3.8, 4) is 23.0 Å². The van der Waals surface area contributed by atoms with Crippen molar-refractivity contribution in [3.05, 3.63) is 125 Å². The summed E-state index contributed by atoms with van der Waals surface area (Å²) >= 11 is 0. The zero-order valence-electron chi connectivity index (χ0n) is 30.0. The van der Waals surface area contributed by atoms with E-state index in [1.807, 2.05) is 0 Å². The van der Waals surface area contributed by atoms with Crippen LogP contribution in [0.4, 0.5) is 28.4 Å². The lowest BCUT2D eigenvalue weighted by Crippen LogP contribution is -2.25. The number of azo groups is 2. The molecule has 1 amide bonds. The van der Waals surface area contributed by atoms with Crippen LogP contribution < -0.4 is 11.1 Å². The molecule has 0 aromatic heterocycles. The van der Waals surface area contributed by atoms with Gasteiger partial charge in [-0.25, -0.2) is 19.2 Å². The minimum atomic E-state index is -1.31. The fourth-order valence-electron chi connectivity index (χ4n) is 4.29. The number of amides is 1. The third kappa shape index (κ3) is 13.7. The second kappa shape index (κ2) is 20.7. The first-order valence-corrected chi connectivity index (χ1v) is 16.3. The summed E-state index contributed by atoms with van der Waals surface area (Å²) < 4.78 is 0. The van der Waals surface area contributed by atoms with Crippen LogP contribution in [0.1, 0.15) is 58.2 Å². The van der Waals surface area contributed by atoms with Gasteiger partial charge >= 0.3 is 29.8 Å². The Balaban J connectivity index is 0.000000255. The maximum atomic E-state index is 11.8. The van der Waals surface area contributed by atoms with Gasteiger partial charge in [0.2, 0.25) is 0 Å². The molecule has 0 spiro atoms. The number of aromatic hydroxyl groups is 4. The van der Waals surface area contributed by atoms with Crippen molar-refractivity contribution in [1.29, 1.82) is 0 Å². The highest BCUT2D eigenvalue weighted by Gasteiger charge is 2.13. The van der Waals surface area contributed by atoms with E-state index < -0.39 is 47.3 Å². The van der Waals surface area contributed by atoms with E-state index in [1.54, 1.807) is 0 Å². The number of aliphatic carboxylic acids is 1. The van der Waals surface area contributed by atoms with Gasteiger partial charge in [0.25, 0.3) is 5.91 Å². The molecule has 0 aliphatic heterocycles. The van der Waals surface area contributed by atoms with E-state index in [0.717, 1.165) is 24.3 Å². The monoisotopic (exact) mass is 812 g/mol. The van der Waals surface area contributed by atoms with Gasteiger partial charge in [-0.15, -0.1) is 0 Å². The Labute approximate surface area is 330 Å². The van der Waals surface area contributed by atoms with E-state index in [1.165, 1.54) is 72.8 Å². The highest BCUT2D eigenvalue weighted by Crippen LogP contribution is 2.28. The number of nitrogen functional groups attached to an aromatic ring is 1. The molecule has 0 heterocycles. The number of carboxylic acids is 5. The fourth-order valence-corrected chi connectivity index (χ4v) is 4.29. The van der Waals surface area contributed by atoms with E-state index in [-0.39, 0.29) is 63.8 Å². The van der Waals surface area contributed by atoms with Crippen LogP contribution in [-0.4, -0.2) is 88.3 Å². The van der Waals surface area contributed by atoms with Crippen LogP contribution in [0.3, 0.4) is 0 Å². The lowest BCUT2D eigenvalue weighted by atomic mass is 10.2. The molecule has 12 N–H and O–H groups in total. The lowest BCUT2D eigenvalue weighted by Gasteiger charge is -2.03. The number of hydrogen-bond acceptors (Lipinski definition) is 15. The molecule has 0 aliphatic rings. The molecule has 59 heavy (non-hydrogen) atoms. The van der Waals surface area contributed by atoms with Crippen LogP contribution in [0.2, 0.25) is 0 Å². The summed E-state index contributed by atoms with van der Waals surface area (Å²) in [7, 11) is 0. The van der Waals surface area contributed by atoms with Crippen molar-refractivity contribution >= 4 is 64.2 Å². The highest BCUT2D eigenvalue weighted by molar-refractivity contribution is 5.95. The molecular formula is C38H32N6O15. The first-order valence-electron chi connectivity index (χ1n) is 16.3. The van der Waals surface area contributed by atoms with E-state index in [0.29, 0.717) is 16.9 Å². The first kappa shape index (κ1) is 44.5. The van der Waals surface area contributed by atoms with Crippen LogP contribution >= 0.6 is 0 Å². The van der Waals surface area contributed by atoms with E-state index in [2.05, 4.69) is 25.8 Å². The number of rotatable bonds is 12. The van der Waals surface area contributed by atoms with Crippen LogP contribution in [-0.2, 0) is 4.79 Å². The van der Waals surface area contributed by atoms with E-state index >= 15 is 0 Å². The minimum absolute atomic E-state index is 0.0301. The van der Waals surface area contributed by atoms with Gasteiger partial charge in [0, 0.05) is 17.8 Å². The molecule has 0 radical (unpaired) electrons. The molecule has 0 saturated heterocycles. The third-order valence-electron chi connectivity index (χ3n) is 7.20. The number of aromatic carboxylic acids is 4. The van der Waals surface area contributed by atoms with Gasteiger partial charge in [-0.3, -0.25) is 9.59 Å². The zero-order chi connectivity index (χ0) is 43.8. The summed E-state index contributed by atoms with van der Waals surface area (Å²) in [5.74, 6) is -7.93. The normalized spacial score (nSPS) is 10.4. The quantitative estimate of drug-likeness (QED) is 0.0374. The van der Waals surface area contributed by atoms with E-state index in [9.17, 15) is 44.1 Å². The Bertz CT molecular complexity index is 2390. The Morgan fingerprint density at radius 3 is 1.12 bits per heavy atom. The summed E-state index contributed by atoms with van der Waals surface area (Å²) in [6.07, 6.45) is -0.164. The minimum Gasteiger partial charge on any atom is -0.507 e. The number of carbonyl (C=O) groups excluding carboxylic acids is 1. The number of phenols is 4. The molecule has 0 saturated carbocycles. The Hall–Kier alpha value is -8.88. The first-order chi connectivity index (χ1) is 27.9. The van der Waals surface area contributed by atoms with Gasteiger partial charge in [0.1, 0.15) is 45.3 Å². The van der Waals surface area contributed by atoms with E-state index in [4.69, 9.17) is 36.4 Å². The second-order valence-electron chi connectivity index (χ2n) is 11.4. The van der Waals surface area contributed by atoms with Gasteiger partial charge in [-0.05, 0) is 97.1 Å². The standard InChI is InChI=1S/C17H15N3O6.C14H10N2O6.C7H7NO3/c21-14-6-5-12(9-13(14)17(25)26)20-19-11-3-1-10(2-4-11)16(24)18-8-7-15(22)23;17-11-3-1-7(5-9(11)13(19)20)15-16-8-2-4-12(18)10(6-8)14(21)22;8-4-1-2-6(9)5(3-4)7(10)11/h1-6,9,21H,7-8H2,(H,18,24)(H,22,23)(H,25,26);1-6,17-18H,(H,19,20)(H,21,22);1-3,9H,8H2,(H,10,11). The van der Waals surface area contributed by atoms with Gasteiger partial charge in [0.05, 0.1) is 29.2 Å². The lowest BCUT2D eigenvalue weighted by molar-refractivity contribution is -0.136. The Morgan fingerprint density at radius 1 is 0.458 bits per heavy atom. The molecule has 0 bridgehead atoms. The number of anilines is 1. The molecule has 5 aromatic carbocycles. The summed E-state index contributed by atoms with van der Waals surface area (Å²) in [4.78, 5) is 65.3. The second-order valence-corrected chi connectivity index (χ2v) is 11.4. The molecule has 0 fully saturated rings.